The average molecular weight is 476 g/mol. The van der Waals surface area contributed by atoms with Crippen LogP contribution in [0.25, 0.3) is 43.1 Å². The first kappa shape index (κ1) is 19.4. The predicted octanol–water partition coefficient (Wildman–Crippen LogP) is 5.60. The fourth-order valence-corrected chi connectivity index (χ4v) is 5.44. The second-order valence-corrected chi connectivity index (χ2v) is 9.65. The van der Waals surface area contributed by atoms with Crippen LogP contribution in [-0.4, -0.2) is 25.1 Å². The molecule has 0 aliphatic carbocycles. The van der Waals surface area contributed by atoms with Crippen LogP contribution >= 0.6 is 34.4 Å². The highest BCUT2D eigenvalue weighted by atomic mass is 32.2. The van der Waals surface area contributed by atoms with Crippen LogP contribution in [0.2, 0.25) is 0 Å². The summed E-state index contributed by atoms with van der Waals surface area (Å²) in [5.74, 6) is 1.42. The van der Waals surface area contributed by atoms with Crippen LogP contribution in [0, 0.1) is 0 Å². The number of benzene rings is 1. The molecule has 0 amide bonds. The van der Waals surface area contributed by atoms with Gasteiger partial charge in [-0.3, -0.25) is 4.79 Å². The molecule has 5 heterocycles. The summed E-state index contributed by atoms with van der Waals surface area (Å²) in [6.07, 6.45) is 0. The van der Waals surface area contributed by atoms with Crippen LogP contribution in [0.5, 0.6) is 0 Å². The third-order valence-electron chi connectivity index (χ3n) is 4.82. The van der Waals surface area contributed by atoms with Gasteiger partial charge in [0, 0.05) is 5.39 Å². The van der Waals surface area contributed by atoms with Crippen LogP contribution in [0.4, 0.5) is 0 Å². The highest BCUT2D eigenvalue weighted by Gasteiger charge is 2.16. The smallest absolute Gasteiger partial charge is 0.277 e. The Labute approximate surface area is 193 Å². The van der Waals surface area contributed by atoms with Crippen LogP contribution < -0.4 is 5.56 Å². The Morgan fingerprint density at radius 3 is 2.81 bits per heavy atom. The van der Waals surface area contributed by atoms with Crippen molar-refractivity contribution in [1.29, 1.82) is 0 Å². The van der Waals surface area contributed by atoms with Gasteiger partial charge >= 0.3 is 0 Å². The molecule has 5 aromatic heterocycles. The lowest BCUT2D eigenvalue weighted by molar-refractivity contribution is 0.466. The number of H-pyrrole nitrogens is 1. The highest BCUT2D eigenvalue weighted by molar-refractivity contribution is 7.98. The molecule has 0 saturated carbocycles. The minimum atomic E-state index is -0.129. The van der Waals surface area contributed by atoms with Gasteiger partial charge < -0.3 is 9.40 Å². The lowest BCUT2D eigenvalue weighted by Crippen LogP contribution is -2.09. The third kappa shape index (κ3) is 3.52. The molecule has 1 aromatic carbocycles. The van der Waals surface area contributed by atoms with E-state index < -0.39 is 0 Å². The molecular formula is C22H13N5O2S3. The van der Waals surface area contributed by atoms with E-state index in [-0.39, 0.29) is 5.56 Å². The SMILES string of the molecule is O=c1[nH]c(CSc2nnc(-c3cc(-c4cccs4)nc4ccccc34)o2)nc2ccsc12. The number of pyridine rings is 1. The number of nitrogens with zero attached hydrogens (tertiary/aromatic N) is 4. The third-order valence-corrected chi connectivity index (χ3v) is 7.45. The van der Waals surface area contributed by atoms with Crippen molar-refractivity contribution in [3.8, 4) is 22.0 Å². The number of nitrogens with one attached hydrogen (secondary N) is 1. The minimum Gasteiger partial charge on any atom is -0.411 e. The Morgan fingerprint density at radius 1 is 0.969 bits per heavy atom. The Hall–Kier alpha value is -3.34. The van der Waals surface area contributed by atoms with Gasteiger partial charge in [0.15, 0.2) is 0 Å². The molecule has 7 nitrogen and oxygen atoms in total. The quantitative estimate of drug-likeness (QED) is 0.324. The first-order valence-electron chi connectivity index (χ1n) is 9.61. The zero-order chi connectivity index (χ0) is 21.5. The molecule has 0 saturated heterocycles. The molecule has 0 atom stereocenters. The van der Waals surface area contributed by atoms with Gasteiger partial charge in [-0.25, -0.2) is 9.97 Å². The Kier molecular flexibility index (Phi) is 4.82. The van der Waals surface area contributed by atoms with Gasteiger partial charge in [-0.05, 0) is 35.0 Å². The summed E-state index contributed by atoms with van der Waals surface area (Å²) in [7, 11) is 0. The summed E-state index contributed by atoms with van der Waals surface area (Å²) >= 11 is 4.35. The molecule has 0 bridgehead atoms. The van der Waals surface area contributed by atoms with Crippen molar-refractivity contribution in [2.24, 2.45) is 0 Å². The number of aromatic amines is 1. The molecule has 32 heavy (non-hydrogen) atoms. The van der Waals surface area contributed by atoms with E-state index in [1.54, 1.807) is 11.3 Å². The Morgan fingerprint density at radius 2 is 1.91 bits per heavy atom. The maximum absolute atomic E-state index is 12.2. The summed E-state index contributed by atoms with van der Waals surface area (Å²) in [5.41, 5.74) is 3.14. The van der Waals surface area contributed by atoms with Gasteiger partial charge in [0.25, 0.3) is 10.8 Å². The summed E-state index contributed by atoms with van der Waals surface area (Å²) < 4.78 is 6.60. The van der Waals surface area contributed by atoms with Crippen LogP contribution in [-0.2, 0) is 5.75 Å². The molecule has 156 valence electrons. The molecule has 0 spiro atoms. The highest BCUT2D eigenvalue weighted by Crippen LogP contribution is 2.34. The molecule has 0 fully saturated rings. The number of rotatable bonds is 5. The monoisotopic (exact) mass is 475 g/mol. The molecule has 6 rings (SSSR count). The van der Waals surface area contributed by atoms with Gasteiger partial charge in [0.1, 0.15) is 10.5 Å². The van der Waals surface area contributed by atoms with Crippen LogP contribution in [0.15, 0.2) is 73.7 Å². The number of para-hydroxylation sites is 1. The van der Waals surface area contributed by atoms with E-state index in [0.717, 1.165) is 27.0 Å². The average Bonchev–Trinajstić information content (AvgIpc) is 3.59. The van der Waals surface area contributed by atoms with E-state index in [0.29, 0.717) is 32.9 Å². The lowest BCUT2D eigenvalue weighted by atomic mass is 10.1. The zero-order valence-electron chi connectivity index (χ0n) is 16.3. The van der Waals surface area contributed by atoms with Crippen molar-refractivity contribution in [3.63, 3.8) is 0 Å². The van der Waals surface area contributed by atoms with E-state index in [4.69, 9.17) is 9.40 Å². The Bertz CT molecular complexity index is 1620. The first-order chi connectivity index (χ1) is 15.7. The Balaban J connectivity index is 1.33. The number of hydrogen-bond acceptors (Lipinski definition) is 9. The zero-order valence-corrected chi connectivity index (χ0v) is 18.8. The second kappa shape index (κ2) is 7.97. The van der Waals surface area contributed by atoms with Gasteiger partial charge in [0.05, 0.1) is 32.9 Å². The molecule has 6 aromatic rings. The number of hydrogen-bond donors (Lipinski definition) is 1. The number of thioether (sulfide) groups is 1. The summed E-state index contributed by atoms with van der Waals surface area (Å²) in [4.78, 5) is 25.3. The summed E-state index contributed by atoms with van der Waals surface area (Å²) in [6, 6.07) is 15.8. The second-order valence-electron chi connectivity index (χ2n) is 6.86. The van der Waals surface area contributed by atoms with Crippen LogP contribution in [0.1, 0.15) is 5.82 Å². The van der Waals surface area contributed by atoms with Crippen molar-refractivity contribution in [1.82, 2.24) is 25.1 Å². The summed E-state index contributed by atoms with van der Waals surface area (Å²) in [6.45, 7) is 0. The minimum absolute atomic E-state index is 0.129. The van der Waals surface area contributed by atoms with E-state index in [1.165, 1.54) is 23.1 Å². The molecule has 0 aliphatic rings. The van der Waals surface area contributed by atoms with E-state index in [9.17, 15) is 4.79 Å². The maximum atomic E-state index is 12.2. The van der Waals surface area contributed by atoms with E-state index >= 15 is 0 Å². The predicted molar refractivity (Wildman–Crippen MR) is 128 cm³/mol. The van der Waals surface area contributed by atoms with Crippen molar-refractivity contribution in [2.45, 2.75) is 11.0 Å². The number of aromatic nitrogens is 5. The van der Waals surface area contributed by atoms with E-state index in [1.807, 2.05) is 59.3 Å². The van der Waals surface area contributed by atoms with Crippen molar-refractivity contribution < 1.29 is 4.42 Å². The van der Waals surface area contributed by atoms with Gasteiger partial charge in [-0.1, -0.05) is 36.0 Å². The largest absolute Gasteiger partial charge is 0.411 e. The number of thiophene rings is 2. The summed E-state index contributed by atoms with van der Waals surface area (Å²) in [5, 5.41) is 13.7. The molecule has 0 unspecified atom stereocenters. The molecule has 0 radical (unpaired) electrons. The molecular weight excluding hydrogens is 462 g/mol. The van der Waals surface area contributed by atoms with Crippen LogP contribution in [0.3, 0.4) is 0 Å². The molecule has 0 aliphatic heterocycles. The fraction of sp³-hybridized carbons (Fsp3) is 0.0455. The first-order valence-corrected chi connectivity index (χ1v) is 12.4. The molecule has 1 N–H and O–H groups in total. The van der Waals surface area contributed by atoms with Gasteiger partial charge in [0.2, 0.25) is 5.89 Å². The maximum Gasteiger partial charge on any atom is 0.277 e. The van der Waals surface area contributed by atoms with Crippen molar-refractivity contribution in [2.75, 3.05) is 0 Å². The van der Waals surface area contributed by atoms with Crippen molar-refractivity contribution in [3.05, 3.63) is 75.5 Å². The lowest BCUT2D eigenvalue weighted by Gasteiger charge is -2.06. The van der Waals surface area contributed by atoms with Gasteiger partial charge in [-0.2, -0.15) is 0 Å². The number of fused-ring (bicyclic) bond motifs is 2. The fourth-order valence-electron chi connectivity index (χ4n) is 3.40. The van der Waals surface area contributed by atoms with E-state index in [2.05, 4.69) is 20.2 Å². The topological polar surface area (TPSA) is 97.6 Å². The molecule has 10 heteroatoms. The van der Waals surface area contributed by atoms with Crippen molar-refractivity contribution >= 4 is 55.6 Å². The van der Waals surface area contributed by atoms with Gasteiger partial charge in [-0.15, -0.1) is 32.9 Å². The standard InChI is InChI=1S/C22H13N5O2S3/c28-20-19-15(7-9-31-19)24-18(25-20)11-32-22-27-26-21(29-22)13-10-16(17-6-3-8-30-17)23-14-5-2-1-4-12(13)14/h1-10H,11H2,(H,24,25,28). The normalized spacial score (nSPS) is 11.5.